The molecule has 0 spiro atoms. The van der Waals surface area contributed by atoms with E-state index < -0.39 is 21.9 Å². The molecular formula is C12H17N3O5S. The highest BCUT2D eigenvalue weighted by Crippen LogP contribution is 2.26. The number of sulfonamides is 1. The molecule has 3 rings (SSSR count). The van der Waals surface area contributed by atoms with Gasteiger partial charge in [0, 0.05) is 25.9 Å². The van der Waals surface area contributed by atoms with Crippen LogP contribution in [0.4, 0.5) is 0 Å². The van der Waals surface area contributed by atoms with Gasteiger partial charge in [-0.3, -0.25) is 9.48 Å². The van der Waals surface area contributed by atoms with Crippen LogP contribution in [0.15, 0.2) is 17.3 Å². The van der Waals surface area contributed by atoms with Gasteiger partial charge >= 0.3 is 5.97 Å². The topological polar surface area (TPSA) is 102 Å². The molecule has 2 aliphatic heterocycles. The van der Waals surface area contributed by atoms with Crippen LogP contribution in [-0.2, 0) is 19.6 Å². The summed E-state index contributed by atoms with van der Waals surface area (Å²) in [4.78, 5) is 11.0. The van der Waals surface area contributed by atoms with Gasteiger partial charge < -0.3 is 9.84 Å². The lowest BCUT2D eigenvalue weighted by atomic mass is 10.1. The Morgan fingerprint density at radius 3 is 2.86 bits per heavy atom. The van der Waals surface area contributed by atoms with Gasteiger partial charge in [-0.25, -0.2) is 8.42 Å². The zero-order valence-electron chi connectivity index (χ0n) is 11.4. The molecule has 21 heavy (non-hydrogen) atoms. The first-order chi connectivity index (χ1) is 9.98. The maximum absolute atomic E-state index is 12.5. The Morgan fingerprint density at radius 1 is 1.43 bits per heavy atom. The standard InChI is InChI=1S/C12H17N3O5S/c16-12(17)9-1-3-14(6-9)21(18,19)11-5-13-15(7-11)10-2-4-20-8-10/h5,7,9-10H,1-4,6,8H2,(H,16,17). The van der Waals surface area contributed by atoms with Gasteiger partial charge in [0.2, 0.25) is 10.0 Å². The molecule has 2 aliphatic rings. The second-order valence-electron chi connectivity index (χ2n) is 5.36. The number of hydrogen-bond donors (Lipinski definition) is 1. The molecule has 0 radical (unpaired) electrons. The maximum Gasteiger partial charge on any atom is 0.307 e. The zero-order valence-corrected chi connectivity index (χ0v) is 12.2. The first-order valence-corrected chi connectivity index (χ1v) is 8.27. The van der Waals surface area contributed by atoms with Crippen molar-refractivity contribution in [1.29, 1.82) is 0 Å². The molecule has 9 heteroatoms. The number of ether oxygens (including phenoxy) is 1. The minimum Gasteiger partial charge on any atom is -0.481 e. The van der Waals surface area contributed by atoms with Gasteiger partial charge in [-0.2, -0.15) is 9.40 Å². The lowest BCUT2D eigenvalue weighted by Gasteiger charge is -2.14. The van der Waals surface area contributed by atoms with E-state index in [1.54, 1.807) is 4.68 Å². The molecule has 0 amide bonds. The summed E-state index contributed by atoms with van der Waals surface area (Å²) in [5.41, 5.74) is 0. The van der Waals surface area contributed by atoms with E-state index >= 15 is 0 Å². The normalized spacial score (nSPS) is 27.2. The van der Waals surface area contributed by atoms with Crippen molar-refractivity contribution in [2.24, 2.45) is 5.92 Å². The van der Waals surface area contributed by atoms with E-state index in [9.17, 15) is 13.2 Å². The second kappa shape index (κ2) is 5.39. The smallest absolute Gasteiger partial charge is 0.307 e. The number of carboxylic acid groups (broad SMARTS) is 1. The van der Waals surface area contributed by atoms with Crippen molar-refractivity contribution in [3.05, 3.63) is 12.4 Å². The monoisotopic (exact) mass is 315 g/mol. The maximum atomic E-state index is 12.5. The third-order valence-electron chi connectivity index (χ3n) is 4.00. The summed E-state index contributed by atoms with van der Waals surface area (Å²) in [7, 11) is -3.67. The fourth-order valence-corrected chi connectivity index (χ4v) is 4.12. The van der Waals surface area contributed by atoms with Gasteiger partial charge in [-0.1, -0.05) is 0 Å². The molecule has 0 bridgehead atoms. The van der Waals surface area contributed by atoms with Crippen LogP contribution < -0.4 is 0 Å². The molecule has 3 heterocycles. The lowest BCUT2D eigenvalue weighted by Crippen LogP contribution is -2.29. The van der Waals surface area contributed by atoms with E-state index in [2.05, 4.69) is 5.10 Å². The summed E-state index contributed by atoms with van der Waals surface area (Å²) in [5, 5.41) is 13.1. The lowest BCUT2D eigenvalue weighted by molar-refractivity contribution is -0.141. The van der Waals surface area contributed by atoms with Crippen molar-refractivity contribution in [1.82, 2.24) is 14.1 Å². The van der Waals surface area contributed by atoms with E-state index in [1.165, 1.54) is 16.7 Å². The summed E-state index contributed by atoms with van der Waals surface area (Å²) in [6.45, 7) is 1.44. The molecule has 116 valence electrons. The number of carboxylic acids is 1. The summed E-state index contributed by atoms with van der Waals surface area (Å²) >= 11 is 0. The Labute approximate surface area is 122 Å². The summed E-state index contributed by atoms with van der Waals surface area (Å²) in [6.07, 6.45) is 3.98. The second-order valence-corrected chi connectivity index (χ2v) is 7.30. The van der Waals surface area contributed by atoms with E-state index in [0.29, 0.717) is 19.6 Å². The van der Waals surface area contributed by atoms with Crippen molar-refractivity contribution >= 4 is 16.0 Å². The molecular weight excluding hydrogens is 298 g/mol. The fourth-order valence-electron chi connectivity index (χ4n) is 2.68. The van der Waals surface area contributed by atoms with Gasteiger partial charge in [0.1, 0.15) is 4.90 Å². The van der Waals surface area contributed by atoms with Crippen LogP contribution in [0.3, 0.4) is 0 Å². The van der Waals surface area contributed by atoms with Gasteiger partial charge in [0.25, 0.3) is 0 Å². The quantitative estimate of drug-likeness (QED) is 0.835. The molecule has 0 saturated carbocycles. The largest absolute Gasteiger partial charge is 0.481 e. The predicted molar refractivity (Wildman–Crippen MR) is 71.2 cm³/mol. The average molecular weight is 315 g/mol. The highest BCUT2D eigenvalue weighted by molar-refractivity contribution is 7.89. The van der Waals surface area contributed by atoms with Gasteiger partial charge in [0.05, 0.1) is 24.8 Å². The number of hydrogen-bond acceptors (Lipinski definition) is 5. The third-order valence-corrected chi connectivity index (χ3v) is 5.81. The molecule has 1 N–H and O–H groups in total. The van der Waals surface area contributed by atoms with Crippen LogP contribution in [0.2, 0.25) is 0 Å². The number of rotatable bonds is 4. The SMILES string of the molecule is O=C(O)C1CCN(S(=O)(=O)c2cnn(C3CCOC3)c2)C1. The van der Waals surface area contributed by atoms with Crippen molar-refractivity contribution in [2.45, 2.75) is 23.8 Å². The van der Waals surface area contributed by atoms with Crippen molar-refractivity contribution in [3.63, 3.8) is 0 Å². The van der Waals surface area contributed by atoms with E-state index in [1.807, 2.05) is 0 Å². The van der Waals surface area contributed by atoms with E-state index in [0.717, 1.165) is 6.42 Å². The molecule has 8 nitrogen and oxygen atoms in total. The predicted octanol–water partition coefficient (Wildman–Crippen LogP) is -0.0603. The van der Waals surface area contributed by atoms with Crippen LogP contribution in [0.5, 0.6) is 0 Å². The molecule has 2 atom stereocenters. The highest BCUT2D eigenvalue weighted by atomic mass is 32.2. The minimum atomic E-state index is -3.67. The van der Waals surface area contributed by atoms with Gasteiger partial charge in [0.15, 0.2) is 0 Å². The van der Waals surface area contributed by atoms with E-state index in [-0.39, 0.29) is 24.0 Å². The number of aromatic nitrogens is 2. The van der Waals surface area contributed by atoms with Crippen LogP contribution in [-0.4, -0.2) is 59.9 Å². The van der Waals surface area contributed by atoms with Gasteiger partial charge in [-0.15, -0.1) is 0 Å². The summed E-state index contributed by atoms with van der Waals surface area (Å²) < 4.78 is 33.1. The Bertz CT molecular complexity index is 635. The molecule has 0 aromatic carbocycles. The van der Waals surface area contributed by atoms with Crippen LogP contribution in [0, 0.1) is 5.92 Å². The molecule has 2 fully saturated rings. The molecule has 2 unspecified atom stereocenters. The number of carbonyl (C=O) groups is 1. The van der Waals surface area contributed by atoms with Crippen molar-refractivity contribution in [2.75, 3.05) is 26.3 Å². The van der Waals surface area contributed by atoms with Crippen LogP contribution in [0.1, 0.15) is 18.9 Å². The number of nitrogens with zero attached hydrogens (tertiary/aromatic N) is 3. The summed E-state index contributed by atoms with van der Waals surface area (Å²) in [6, 6.07) is 0.0688. The minimum absolute atomic E-state index is 0.0232. The fraction of sp³-hybridized carbons (Fsp3) is 0.667. The van der Waals surface area contributed by atoms with Crippen LogP contribution >= 0.6 is 0 Å². The first-order valence-electron chi connectivity index (χ1n) is 6.83. The Kier molecular flexibility index (Phi) is 3.72. The molecule has 1 aromatic heterocycles. The van der Waals surface area contributed by atoms with Gasteiger partial charge in [-0.05, 0) is 12.8 Å². The zero-order chi connectivity index (χ0) is 15.0. The first kappa shape index (κ1) is 14.5. The average Bonchev–Trinajstić information content (AvgIpc) is 3.19. The van der Waals surface area contributed by atoms with E-state index in [4.69, 9.17) is 9.84 Å². The summed E-state index contributed by atoms with van der Waals surface area (Å²) in [5.74, 6) is -1.58. The number of aliphatic carboxylic acids is 1. The van der Waals surface area contributed by atoms with Crippen molar-refractivity contribution < 1.29 is 23.1 Å². The molecule has 2 saturated heterocycles. The molecule has 1 aromatic rings. The Hall–Kier alpha value is -1.45. The van der Waals surface area contributed by atoms with Crippen LogP contribution in [0.25, 0.3) is 0 Å². The third kappa shape index (κ3) is 2.68. The Morgan fingerprint density at radius 2 is 2.24 bits per heavy atom. The van der Waals surface area contributed by atoms with Crippen molar-refractivity contribution in [3.8, 4) is 0 Å². The Balaban J connectivity index is 1.77. The highest BCUT2D eigenvalue weighted by Gasteiger charge is 2.36. The molecule has 0 aliphatic carbocycles.